The van der Waals surface area contributed by atoms with Gasteiger partial charge in [0.05, 0.1) is 12.7 Å². The number of amides is 3. The van der Waals surface area contributed by atoms with Gasteiger partial charge in [-0.2, -0.15) is 0 Å². The number of nitrogens with two attached hydrogens (primary N) is 2. The smallest absolute Gasteiger partial charge is 0.261 e. The predicted molar refractivity (Wildman–Crippen MR) is 98.4 cm³/mol. The molecule has 3 amide bonds. The first-order chi connectivity index (χ1) is 13.0. The van der Waals surface area contributed by atoms with Crippen LogP contribution in [0.15, 0.2) is 18.2 Å². The zero-order valence-corrected chi connectivity index (χ0v) is 15.4. The summed E-state index contributed by atoms with van der Waals surface area (Å²) in [5.74, 6) is -0.542. The monoisotopic (exact) mass is 378 g/mol. The third kappa shape index (κ3) is 5.33. The molecule has 1 fully saturated rings. The fraction of sp³-hybridized carbons (Fsp3) is 0.500. The molecular formula is C18H26N4O5. The third-order valence-electron chi connectivity index (χ3n) is 4.36. The highest BCUT2D eigenvalue weighted by Gasteiger charge is 2.34. The Kier molecular flexibility index (Phi) is 7.42. The van der Waals surface area contributed by atoms with E-state index in [0.717, 1.165) is 6.42 Å². The van der Waals surface area contributed by atoms with Crippen molar-refractivity contribution in [3.8, 4) is 11.5 Å². The quantitative estimate of drug-likeness (QED) is 0.501. The number of hydrogen-bond acceptors (Lipinski definition) is 6. The van der Waals surface area contributed by atoms with Gasteiger partial charge in [-0.05, 0) is 44.0 Å². The van der Waals surface area contributed by atoms with Crippen LogP contribution in [0.3, 0.4) is 0 Å². The van der Waals surface area contributed by atoms with E-state index in [2.05, 4.69) is 5.32 Å². The highest BCUT2D eigenvalue weighted by Crippen LogP contribution is 2.24. The first-order valence-electron chi connectivity index (χ1n) is 8.85. The molecule has 9 heteroatoms. The summed E-state index contributed by atoms with van der Waals surface area (Å²) in [5.41, 5.74) is 10.9. The molecule has 27 heavy (non-hydrogen) atoms. The Bertz CT molecular complexity index is 694. The number of nitrogens with zero attached hydrogens (tertiary/aromatic N) is 1. The summed E-state index contributed by atoms with van der Waals surface area (Å²) < 4.78 is 10.6. The molecule has 0 radical (unpaired) electrons. The topological polar surface area (TPSA) is 137 Å². The molecule has 1 unspecified atom stereocenters. The summed E-state index contributed by atoms with van der Waals surface area (Å²) >= 11 is 0. The van der Waals surface area contributed by atoms with Crippen LogP contribution in [-0.2, 0) is 9.59 Å². The predicted octanol–water partition coefficient (Wildman–Crippen LogP) is -0.371. The summed E-state index contributed by atoms with van der Waals surface area (Å²) in [5, 5.41) is 2.79. The molecule has 0 aromatic heterocycles. The van der Waals surface area contributed by atoms with Crippen LogP contribution >= 0.6 is 0 Å². The Morgan fingerprint density at radius 2 is 2.11 bits per heavy atom. The van der Waals surface area contributed by atoms with Crippen LogP contribution in [-0.4, -0.2) is 62.0 Å². The van der Waals surface area contributed by atoms with Crippen molar-refractivity contribution in [2.75, 3.05) is 33.4 Å². The Balaban J connectivity index is 1.98. The zero-order chi connectivity index (χ0) is 19.8. The number of nitrogens with one attached hydrogen (secondary N) is 1. The molecule has 0 bridgehead atoms. The van der Waals surface area contributed by atoms with Crippen LogP contribution in [0.25, 0.3) is 0 Å². The molecule has 1 atom stereocenters. The number of carbonyl (C=O) groups excluding carboxylic acids is 3. The maximum Gasteiger partial charge on any atom is 0.261 e. The maximum atomic E-state index is 12.5. The fourth-order valence-corrected chi connectivity index (χ4v) is 2.95. The van der Waals surface area contributed by atoms with E-state index in [0.29, 0.717) is 38.2 Å². The molecule has 1 saturated heterocycles. The number of hydrogen-bond donors (Lipinski definition) is 3. The van der Waals surface area contributed by atoms with E-state index in [-0.39, 0.29) is 29.7 Å². The van der Waals surface area contributed by atoms with Gasteiger partial charge in [0.15, 0.2) is 6.61 Å². The van der Waals surface area contributed by atoms with E-state index in [1.54, 1.807) is 6.07 Å². The van der Waals surface area contributed by atoms with Crippen molar-refractivity contribution >= 4 is 17.7 Å². The lowest BCUT2D eigenvalue weighted by Crippen LogP contribution is -2.47. The van der Waals surface area contributed by atoms with E-state index in [1.165, 1.54) is 24.1 Å². The third-order valence-corrected chi connectivity index (χ3v) is 4.36. The number of ether oxygens (including phenoxy) is 2. The van der Waals surface area contributed by atoms with Crippen LogP contribution in [0, 0.1) is 0 Å². The van der Waals surface area contributed by atoms with Crippen molar-refractivity contribution in [2.45, 2.75) is 25.3 Å². The second-order valence-electron chi connectivity index (χ2n) is 6.19. The van der Waals surface area contributed by atoms with Gasteiger partial charge >= 0.3 is 0 Å². The molecule has 2 rings (SSSR count). The van der Waals surface area contributed by atoms with Gasteiger partial charge in [0.2, 0.25) is 5.91 Å². The van der Waals surface area contributed by atoms with Crippen molar-refractivity contribution in [3.63, 3.8) is 0 Å². The van der Waals surface area contributed by atoms with Crippen molar-refractivity contribution in [3.05, 3.63) is 23.8 Å². The lowest BCUT2D eigenvalue weighted by atomic mass is 10.2. The molecule has 0 spiro atoms. The number of carbonyl (C=O) groups is 3. The molecule has 1 aromatic carbocycles. The minimum atomic E-state index is -0.685. The SMILES string of the molecule is COc1ccc(OCC(=O)N2CCCC2C(=O)NCCCN)c(C(N)=O)c1. The number of rotatable bonds is 9. The van der Waals surface area contributed by atoms with E-state index in [4.69, 9.17) is 20.9 Å². The second kappa shape index (κ2) is 9.77. The molecule has 1 aliphatic rings. The summed E-state index contributed by atoms with van der Waals surface area (Å²) in [7, 11) is 1.47. The summed E-state index contributed by atoms with van der Waals surface area (Å²) in [6, 6.07) is 4.07. The van der Waals surface area contributed by atoms with E-state index in [9.17, 15) is 14.4 Å². The van der Waals surface area contributed by atoms with Crippen molar-refractivity contribution in [1.29, 1.82) is 0 Å². The van der Waals surface area contributed by atoms with Gasteiger partial charge in [-0.1, -0.05) is 0 Å². The molecule has 148 valence electrons. The van der Waals surface area contributed by atoms with Crippen LogP contribution in [0.1, 0.15) is 29.6 Å². The normalized spacial score (nSPS) is 16.1. The zero-order valence-electron chi connectivity index (χ0n) is 15.4. The number of primary amides is 1. The molecule has 9 nitrogen and oxygen atoms in total. The molecule has 1 aliphatic heterocycles. The van der Waals surface area contributed by atoms with Crippen LogP contribution < -0.4 is 26.3 Å². The average Bonchev–Trinajstić information content (AvgIpc) is 3.16. The standard InChI is InChI=1S/C18H26N4O5/c1-26-12-5-6-15(13(10-12)17(20)24)27-11-16(23)22-9-2-4-14(22)18(25)21-8-3-7-19/h5-6,10,14H,2-4,7-9,11,19H2,1H3,(H2,20,24)(H,21,25). The van der Waals surface area contributed by atoms with Gasteiger partial charge < -0.3 is 31.2 Å². The second-order valence-corrected chi connectivity index (χ2v) is 6.19. The largest absolute Gasteiger partial charge is 0.497 e. The minimum absolute atomic E-state index is 0.125. The molecule has 1 heterocycles. The van der Waals surface area contributed by atoms with Crippen molar-refractivity contribution in [1.82, 2.24) is 10.2 Å². The van der Waals surface area contributed by atoms with Gasteiger partial charge in [-0.3, -0.25) is 14.4 Å². The Labute approximate surface area is 158 Å². The first kappa shape index (κ1) is 20.5. The maximum absolute atomic E-state index is 12.5. The molecule has 5 N–H and O–H groups in total. The molecule has 0 aliphatic carbocycles. The highest BCUT2D eigenvalue weighted by atomic mass is 16.5. The minimum Gasteiger partial charge on any atom is -0.497 e. The lowest BCUT2D eigenvalue weighted by molar-refractivity contribution is -0.139. The molecule has 0 saturated carbocycles. The number of likely N-dealkylation sites (tertiary alicyclic amines) is 1. The number of methoxy groups -OCH3 is 1. The molecule has 1 aromatic rings. The van der Waals surface area contributed by atoms with Crippen molar-refractivity contribution < 1.29 is 23.9 Å². The fourth-order valence-electron chi connectivity index (χ4n) is 2.95. The number of benzene rings is 1. The van der Waals surface area contributed by atoms with Gasteiger partial charge in [0.25, 0.3) is 11.8 Å². The summed E-state index contributed by atoms with van der Waals surface area (Å²) in [6.45, 7) is 1.17. The van der Waals surface area contributed by atoms with Gasteiger partial charge in [-0.25, -0.2) is 0 Å². The van der Waals surface area contributed by atoms with Gasteiger partial charge in [-0.15, -0.1) is 0 Å². The summed E-state index contributed by atoms with van der Waals surface area (Å²) in [4.78, 5) is 37.9. The average molecular weight is 378 g/mol. The van der Waals surface area contributed by atoms with Gasteiger partial charge in [0, 0.05) is 13.1 Å². The first-order valence-corrected chi connectivity index (χ1v) is 8.85. The Morgan fingerprint density at radius 3 is 2.78 bits per heavy atom. The van der Waals surface area contributed by atoms with Crippen molar-refractivity contribution in [2.24, 2.45) is 11.5 Å². The Morgan fingerprint density at radius 1 is 1.33 bits per heavy atom. The van der Waals surface area contributed by atoms with E-state index >= 15 is 0 Å². The molecular weight excluding hydrogens is 352 g/mol. The summed E-state index contributed by atoms with van der Waals surface area (Å²) in [6.07, 6.45) is 2.04. The van der Waals surface area contributed by atoms with Crippen LogP contribution in [0.2, 0.25) is 0 Å². The van der Waals surface area contributed by atoms with E-state index < -0.39 is 11.9 Å². The van der Waals surface area contributed by atoms with E-state index in [1.807, 2.05) is 0 Å². The van der Waals surface area contributed by atoms with Gasteiger partial charge in [0.1, 0.15) is 17.5 Å². The highest BCUT2D eigenvalue weighted by molar-refractivity contribution is 5.96. The van der Waals surface area contributed by atoms with Crippen LogP contribution in [0.5, 0.6) is 11.5 Å². The Hall–Kier alpha value is -2.81. The lowest BCUT2D eigenvalue weighted by Gasteiger charge is -2.24. The van der Waals surface area contributed by atoms with Crippen LogP contribution in [0.4, 0.5) is 0 Å².